The van der Waals surface area contributed by atoms with Crippen molar-refractivity contribution >= 4 is 12.0 Å². The first-order valence-electron chi connectivity index (χ1n) is 8.29. The molecule has 2 aliphatic rings. The number of fused-ring (bicyclic) bond motifs is 1. The van der Waals surface area contributed by atoms with Gasteiger partial charge in [0, 0.05) is 12.3 Å². The molecule has 2 saturated heterocycles. The lowest BCUT2D eigenvalue weighted by molar-refractivity contribution is -0.125. The van der Waals surface area contributed by atoms with Gasteiger partial charge >= 0.3 is 0 Å². The maximum absolute atomic E-state index is 12.1. The summed E-state index contributed by atoms with van der Waals surface area (Å²) in [5.74, 6) is 1.31. The largest absolute Gasteiger partial charge is 0.465 e. The first kappa shape index (κ1) is 15.2. The normalized spacial score (nSPS) is 30.0. The summed E-state index contributed by atoms with van der Waals surface area (Å²) in [6.07, 6.45) is 4.14. The summed E-state index contributed by atoms with van der Waals surface area (Å²) in [6.45, 7) is 2.09. The third-order valence-electron chi connectivity index (χ3n) is 5.01. The van der Waals surface area contributed by atoms with Gasteiger partial charge in [0.05, 0.1) is 18.5 Å². The maximum Gasteiger partial charge on any atom is 0.221 e. The highest BCUT2D eigenvalue weighted by molar-refractivity contribution is 5.78. The third-order valence-corrected chi connectivity index (χ3v) is 5.01. The van der Waals surface area contributed by atoms with Crippen molar-refractivity contribution in [3.8, 4) is 0 Å². The highest BCUT2D eigenvalue weighted by Gasteiger charge is 2.46. The fourth-order valence-corrected chi connectivity index (χ4v) is 3.86. The molecule has 1 amide bonds. The number of rotatable bonds is 3. The number of allylic oxidation sites excluding steroid dienone is 1. The van der Waals surface area contributed by atoms with Crippen LogP contribution in [0.25, 0.3) is 6.08 Å². The van der Waals surface area contributed by atoms with Gasteiger partial charge in [-0.25, -0.2) is 10.9 Å². The number of amides is 1. The predicted molar refractivity (Wildman–Crippen MR) is 91.3 cm³/mol. The van der Waals surface area contributed by atoms with Crippen LogP contribution in [0.2, 0.25) is 0 Å². The SMILES string of the molecule is C/C(=C\c1ccco1)C1CC(=O)NC2NNC(c3ccccc3)C21. The quantitative estimate of drug-likeness (QED) is 0.812. The Morgan fingerprint density at radius 2 is 2.00 bits per heavy atom. The van der Waals surface area contributed by atoms with Crippen molar-refractivity contribution in [2.75, 3.05) is 0 Å². The van der Waals surface area contributed by atoms with E-state index < -0.39 is 0 Å². The van der Waals surface area contributed by atoms with Gasteiger partial charge in [-0.05, 0) is 36.6 Å². The number of piperidine rings is 1. The second-order valence-electron chi connectivity index (χ2n) is 6.51. The van der Waals surface area contributed by atoms with E-state index in [9.17, 15) is 4.79 Å². The minimum Gasteiger partial charge on any atom is -0.465 e. The average Bonchev–Trinajstić information content (AvgIpc) is 3.24. The molecule has 5 nitrogen and oxygen atoms in total. The molecule has 4 unspecified atom stereocenters. The summed E-state index contributed by atoms with van der Waals surface area (Å²) in [4.78, 5) is 12.1. The van der Waals surface area contributed by atoms with Crippen LogP contribution in [-0.2, 0) is 4.79 Å². The molecule has 3 heterocycles. The van der Waals surface area contributed by atoms with Crippen molar-refractivity contribution in [2.24, 2.45) is 11.8 Å². The molecular formula is C19H21N3O2. The summed E-state index contributed by atoms with van der Waals surface area (Å²) < 4.78 is 5.44. The minimum atomic E-state index is -0.0681. The lowest BCUT2D eigenvalue weighted by atomic mass is 9.74. The minimum absolute atomic E-state index is 0.0681. The van der Waals surface area contributed by atoms with Crippen LogP contribution < -0.4 is 16.2 Å². The Kier molecular flexibility index (Phi) is 3.96. The highest BCUT2D eigenvalue weighted by atomic mass is 16.3. The van der Waals surface area contributed by atoms with Crippen LogP contribution in [0.3, 0.4) is 0 Å². The molecule has 24 heavy (non-hydrogen) atoms. The summed E-state index contributed by atoms with van der Waals surface area (Å²) in [5.41, 5.74) is 9.01. The summed E-state index contributed by atoms with van der Waals surface area (Å²) >= 11 is 0. The molecule has 3 N–H and O–H groups in total. The molecule has 2 fully saturated rings. The van der Waals surface area contributed by atoms with Gasteiger partial charge in [-0.1, -0.05) is 35.9 Å². The standard InChI is InChI=1S/C19H21N3O2/c1-12(10-14-8-5-9-24-14)15-11-16(23)20-19-17(15)18(21-22-19)13-6-3-2-4-7-13/h2-10,15,17-19,21-22H,11H2,1H3,(H,20,23)/b12-10+. The van der Waals surface area contributed by atoms with Crippen LogP contribution in [0.1, 0.15) is 30.7 Å². The molecule has 2 aromatic rings. The molecule has 124 valence electrons. The topological polar surface area (TPSA) is 66.3 Å². The molecule has 1 aromatic heterocycles. The van der Waals surface area contributed by atoms with Crippen LogP contribution in [0.15, 0.2) is 58.7 Å². The van der Waals surface area contributed by atoms with E-state index in [1.54, 1.807) is 6.26 Å². The second kappa shape index (κ2) is 6.26. The molecule has 5 heteroatoms. The van der Waals surface area contributed by atoms with E-state index in [1.165, 1.54) is 11.1 Å². The predicted octanol–water partition coefficient (Wildman–Crippen LogP) is 2.61. The van der Waals surface area contributed by atoms with E-state index in [1.807, 2.05) is 36.4 Å². The van der Waals surface area contributed by atoms with Crippen molar-refractivity contribution in [1.29, 1.82) is 0 Å². The molecule has 0 saturated carbocycles. The molecule has 2 aliphatic heterocycles. The first-order valence-corrected chi connectivity index (χ1v) is 8.29. The van der Waals surface area contributed by atoms with Crippen molar-refractivity contribution in [2.45, 2.75) is 25.6 Å². The Bertz CT molecular complexity index is 739. The summed E-state index contributed by atoms with van der Waals surface area (Å²) in [6, 6.07) is 14.3. The maximum atomic E-state index is 12.1. The number of hydrazine groups is 1. The van der Waals surface area contributed by atoms with Crippen LogP contribution in [0, 0.1) is 11.8 Å². The Morgan fingerprint density at radius 3 is 2.75 bits per heavy atom. The number of hydrogen-bond acceptors (Lipinski definition) is 4. The van der Waals surface area contributed by atoms with E-state index in [-0.39, 0.29) is 30.0 Å². The first-order chi connectivity index (χ1) is 11.7. The number of carbonyl (C=O) groups excluding carboxylic acids is 1. The van der Waals surface area contributed by atoms with E-state index in [4.69, 9.17) is 4.42 Å². The number of carbonyl (C=O) groups is 1. The van der Waals surface area contributed by atoms with Crippen molar-refractivity contribution in [1.82, 2.24) is 16.2 Å². The molecule has 0 bridgehead atoms. The van der Waals surface area contributed by atoms with Gasteiger partial charge in [-0.3, -0.25) is 4.79 Å². The van der Waals surface area contributed by atoms with E-state index in [0.29, 0.717) is 6.42 Å². The van der Waals surface area contributed by atoms with Crippen LogP contribution in [-0.4, -0.2) is 12.1 Å². The smallest absolute Gasteiger partial charge is 0.221 e. The Labute approximate surface area is 141 Å². The number of furan rings is 1. The number of hydrogen-bond donors (Lipinski definition) is 3. The van der Waals surface area contributed by atoms with Crippen LogP contribution in [0.4, 0.5) is 0 Å². The van der Waals surface area contributed by atoms with Gasteiger partial charge in [0.15, 0.2) is 0 Å². The zero-order valence-corrected chi connectivity index (χ0v) is 13.5. The number of nitrogens with one attached hydrogen (secondary N) is 3. The average molecular weight is 323 g/mol. The zero-order chi connectivity index (χ0) is 16.5. The van der Waals surface area contributed by atoms with Crippen molar-refractivity contribution in [3.63, 3.8) is 0 Å². The van der Waals surface area contributed by atoms with E-state index in [2.05, 4.69) is 35.2 Å². The second-order valence-corrected chi connectivity index (χ2v) is 6.51. The van der Waals surface area contributed by atoms with E-state index in [0.717, 1.165) is 5.76 Å². The van der Waals surface area contributed by atoms with Crippen molar-refractivity contribution in [3.05, 3.63) is 65.6 Å². The zero-order valence-electron chi connectivity index (χ0n) is 13.5. The molecule has 0 radical (unpaired) electrons. The molecular weight excluding hydrogens is 302 g/mol. The van der Waals surface area contributed by atoms with Gasteiger partial charge in [-0.15, -0.1) is 0 Å². The molecule has 4 atom stereocenters. The fraction of sp³-hybridized carbons (Fsp3) is 0.316. The van der Waals surface area contributed by atoms with Gasteiger partial charge in [0.2, 0.25) is 5.91 Å². The highest BCUT2D eigenvalue weighted by Crippen LogP contribution is 2.41. The van der Waals surface area contributed by atoms with Gasteiger partial charge in [0.25, 0.3) is 0 Å². The van der Waals surface area contributed by atoms with Crippen LogP contribution >= 0.6 is 0 Å². The van der Waals surface area contributed by atoms with Crippen molar-refractivity contribution < 1.29 is 9.21 Å². The summed E-state index contributed by atoms with van der Waals surface area (Å²) in [7, 11) is 0. The van der Waals surface area contributed by atoms with Gasteiger partial charge in [-0.2, -0.15) is 0 Å². The lowest BCUT2D eigenvalue weighted by Gasteiger charge is -2.36. The summed E-state index contributed by atoms with van der Waals surface area (Å²) in [5, 5.41) is 3.06. The Balaban J connectivity index is 1.67. The Hall–Kier alpha value is -2.37. The lowest BCUT2D eigenvalue weighted by Crippen LogP contribution is -2.53. The Morgan fingerprint density at radius 1 is 1.17 bits per heavy atom. The molecule has 0 aliphatic carbocycles. The molecule has 4 rings (SSSR count). The molecule has 0 spiro atoms. The van der Waals surface area contributed by atoms with Crippen LogP contribution in [0.5, 0.6) is 0 Å². The van der Waals surface area contributed by atoms with E-state index >= 15 is 0 Å². The monoisotopic (exact) mass is 323 g/mol. The van der Waals surface area contributed by atoms with Gasteiger partial charge in [0.1, 0.15) is 5.76 Å². The number of benzene rings is 1. The third kappa shape index (κ3) is 2.77. The van der Waals surface area contributed by atoms with Gasteiger partial charge < -0.3 is 9.73 Å². The molecule has 1 aromatic carbocycles. The fourth-order valence-electron chi connectivity index (χ4n) is 3.86.